The summed E-state index contributed by atoms with van der Waals surface area (Å²) in [7, 11) is -2.81. The van der Waals surface area contributed by atoms with Gasteiger partial charge in [0.05, 0.1) is 5.67 Å². The third-order valence-corrected chi connectivity index (χ3v) is 5.88. The quantitative estimate of drug-likeness (QED) is 0.470. The minimum Gasteiger partial charge on any atom is -0.376 e. The molecule has 0 spiro atoms. The Morgan fingerprint density at radius 1 is 1.00 bits per heavy atom. The Morgan fingerprint density at radius 3 is 1.61 bits per heavy atom. The highest BCUT2D eigenvalue weighted by molar-refractivity contribution is 6.62. The highest BCUT2D eigenvalue weighted by atomic mass is 28.4. The van der Waals surface area contributed by atoms with Gasteiger partial charge in [0.2, 0.25) is 0 Å². The normalized spacial score (nSPS) is 14.8. The van der Waals surface area contributed by atoms with Crippen LogP contribution in [0.5, 0.6) is 0 Å². The molecule has 0 bridgehead atoms. The summed E-state index contributed by atoms with van der Waals surface area (Å²) in [6, 6.07) is 0. The summed E-state index contributed by atoms with van der Waals surface area (Å²) in [6.07, 6.45) is 0.774. The molecule has 0 rings (SSSR count). The maximum atomic E-state index is 9.93. The van der Waals surface area contributed by atoms with E-state index in [1.54, 1.807) is 13.8 Å². The zero-order valence-electron chi connectivity index (χ0n) is 12.6. The highest BCUT2D eigenvalue weighted by Gasteiger charge is 2.49. The van der Waals surface area contributed by atoms with Gasteiger partial charge in [-0.3, -0.25) is 5.32 Å². The zero-order chi connectivity index (χ0) is 14.2. The predicted octanol–water partition coefficient (Wildman–Crippen LogP) is 1.67. The SMILES string of the molecule is CCO[Si](OCC)(OCC)C(CC)NC(C)(C)O. The van der Waals surface area contributed by atoms with E-state index < -0.39 is 14.5 Å². The summed E-state index contributed by atoms with van der Waals surface area (Å²) >= 11 is 0. The molecule has 0 amide bonds. The van der Waals surface area contributed by atoms with Crippen molar-refractivity contribution in [2.75, 3.05) is 19.8 Å². The van der Waals surface area contributed by atoms with Gasteiger partial charge in [-0.15, -0.1) is 0 Å². The van der Waals surface area contributed by atoms with Crippen LogP contribution < -0.4 is 5.32 Å². The fourth-order valence-electron chi connectivity index (χ4n) is 1.90. The summed E-state index contributed by atoms with van der Waals surface area (Å²) in [5.74, 6) is 0. The van der Waals surface area contributed by atoms with Crippen molar-refractivity contribution in [3.63, 3.8) is 0 Å². The van der Waals surface area contributed by atoms with Crippen LogP contribution in [-0.4, -0.2) is 45.1 Å². The van der Waals surface area contributed by atoms with Crippen LogP contribution in [0.25, 0.3) is 0 Å². The number of hydrogen-bond donors (Lipinski definition) is 2. The summed E-state index contributed by atoms with van der Waals surface area (Å²) in [5, 5.41) is 13.1. The number of rotatable bonds is 10. The molecule has 18 heavy (non-hydrogen) atoms. The van der Waals surface area contributed by atoms with E-state index in [0.717, 1.165) is 6.42 Å². The van der Waals surface area contributed by atoms with Crippen molar-refractivity contribution in [2.24, 2.45) is 0 Å². The van der Waals surface area contributed by atoms with Gasteiger partial charge in [0.15, 0.2) is 0 Å². The van der Waals surface area contributed by atoms with Crippen LogP contribution in [0.2, 0.25) is 0 Å². The van der Waals surface area contributed by atoms with Gasteiger partial charge >= 0.3 is 8.80 Å². The lowest BCUT2D eigenvalue weighted by molar-refractivity contribution is 0.00831. The van der Waals surface area contributed by atoms with Crippen LogP contribution in [0.4, 0.5) is 0 Å². The van der Waals surface area contributed by atoms with Crippen LogP contribution in [0, 0.1) is 0 Å². The maximum absolute atomic E-state index is 9.93. The molecule has 0 aromatic carbocycles. The van der Waals surface area contributed by atoms with Crippen LogP contribution in [-0.2, 0) is 13.3 Å². The standard InChI is InChI=1S/C12H29NO4Si/c1-7-11(13-12(5,6)14)18(15-8-2,16-9-3)17-10-4/h11,13-14H,7-10H2,1-6H3. The van der Waals surface area contributed by atoms with Crippen LogP contribution in [0.3, 0.4) is 0 Å². The zero-order valence-corrected chi connectivity index (χ0v) is 13.6. The molecule has 5 nitrogen and oxygen atoms in total. The van der Waals surface area contributed by atoms with E-state index in [4.69, 9.17) is 13.3 Å². The second-order valence-electron chi connectivity index (χ2n) is 4.57. The molecule has 1 atom stereocenters. The van der Waals surface area contributed by atoms with Crippen molar-refractivity contribution in [3.8, 4) is 0 Å². The molecule has 0 aliphatic heterocycles. The monoisotopic (exact) mass is 279 g/mol. The average molecular weight is 279 g/mol. The lowest BCUT2D eigenvalue weighted by atomic mass is 10.3. The first-order chi connectivity index (χ1) is 8.35. The van der Waals surface area contributed by atoms with Crippen LogP contribution in [0.1, 0.15) is 48.0 Å². The summed E-state index contributed by atoms with van der Waals surface area (Å²) in [5.41, 5.74) is -1.10. The number of aliphatic hydroxyl groups is 1. The van der Waals surface area contributed by atoms with E-state index in [1.165, 1.54) is 0 Å². The lowest BCUT2D eigenvalue weighted by Gasteiger charge is -2.38. The van der Waals surface area contributed by atoms with Gasteiger partial charge in [0.1, 0.15) is 5.72 Å². The maximum Gasteiger partial charge on any atom is 0.518 e. The van der Waals surface area contributed by atoms with Gasteiger partial charge in [0, 0.05) is 19.8 Å². The molecule has 0 aliphatic rings. The highest BCUT2D eigenvalue weighted by Crippen LogP contribution is 2.19. The number of nitrogens with one attached hydrogen (secondary N) is 1. The summed E-state index contributed by atoms with van der Waals surface area (Å²) < 4.78 is 17.5. The van der Waals surface area contributed by atoms with Crippen LogP contribution in [0.15, 0.2) is 0 Å². The summed E-state index contributed by atoms with van der Waals surface area (Å²) in [6.45, 7) is 12.8. The van der Waals surface area contributed by atoms with Gasteiger partial charge < -0.3 is 18.4 Å². The van der Waals surface area contributed by atoms with Crippen LogP contribution >= 0.6 is 0 Å². The van der Waals surface area contributed by atoms with Crippen molar-refractivity contribution in [3.05, 3.63) is 0 Å². The summed E-state index contributed by atoms with van der Waals surface area (Å²) in [4.78, 5) is 0. The Bertz CT molecular complexity index is 204. The first-order valence-corrected chi connectivity index (χ1v) is 8.57. The molecule has 110 valence electrons. The smallest absolute Gasteiger partial charge is 0.376 e. The topological polar surface area (TPSA) is 60.0 Å². The molecule has 0 radical (unpaired) electrons. The Balaban J connectivity index is 5.06. The second-order valence-corrected chi connectivity index (χ2v) is 7.34. The van der Waals surface area contributed by atoms with Crippen molar-refractivity contribution < 1.29 is 18.4 Å². The first-order valence-electron chi connectivity index (χ1n) is 6.77. The van der Waals surface area contributed by atoms with E-state index in [2.05, 4.69) is 5.32 Å². The largest absolute Gasteiger partial charge is 0.518 e. The van der Waals surface area contributed by atoms with Gasteiger partial charge in [-0.25, -0.2) is 0 Å². The van der Waals surface area contributed by atoms with Gasteiger partial charge in [0.25, 0.3) is 0 Å². The molecule has 0 aliphatic carbocycles. The van der Waals surface area contributed by atoms with Gasteiger partial charge in [-0.05, 0) is 41.0 Å². The van der Waals surface area contributed by atoms with Crippen molar-refractivity contribution in [1.82, 2.24) is 5.32 Å². The Kier molecular flexibility index (Phi) is 8.25. The second kappa shape index (κ2) is 8.24. The third-order valence-electron chi connectivity index (χ3n) is 2.40. The van der Waals surface area contributed by atoms with E-state index in [9.17, 15) is 5.11 Å². The molecule has 0 aromatic rings. The Labute approximate surface area is 112 Å². The molecule has 0 aromatic heterocycles. The fraction of sp³-hybridized carbons (Fsp3) is 1.00. The third kappa shape index (κ3) is 5.77. The predicted molar refractivity (Wildman–Crippen MR) is 74.1 cm³/mol. The average Bonchev–Trinajstić information content (AvgIpc) is 2.25. The van der Waals surface area contributed by atoms with Crippen molar-refractivity contribution in [2.45, 2.75) is 59.4 Å². The molecule has 2 N–H and O–H groups in total. The van der Waals surface area contributed by atoms with E-state index >= 15 is 0 Å². The first kappa shape index (κ1) is 18.0. The Morgan fingerprint density at radius 2 is 1.39 bits per heavy atom. The molecule has 0 heterocycles. The van der Waals surface area contributed by atoms with Crippen molar-refractivity contribution >= 4 is 8.80 Å². The molecule has 0 fully saturated rings. The minimum atomic E-state index is -2.81. The van der Waals surface area contributed by atoms with Crippen molar-refractivity contribution in [1.29, 1.82) is 0 Å². The molecular formula is C12H29NO4Si. The number of hydrogen-bond acceptors (Lipinski definition) is 5. The Hall–Kier alpha value is 0.0169. The molecule has 0 saturated heterocycles. The lowest BCUT2D eigenvalue weighted by Crippen LogP contribution is -2.65. The molecule has 0 saturated carbocycles. The molecule has 6 heteroatoms. The van der Waals surface area contributed by atoms with E-state index in [-0.39, 0.29) is 5.67 Å². The van der Waals surface area contributed by atoms with Gasteiger partial charge in [-0.1, -0.05) is 6.92 Å². The fourth-order valence-corrected chi connectivity index (χ4v) is 4.99. The van der Waals surface area contributed by atoms with Gasteiger partial charge in [-0.2, -0.15) is 0 Å². The minimum absolute atomic E-state index is 0.114. The van der Waals surface area contributed by atoms with E-state index in [1.807, 2.05) is 27.7 Å². The molecular weight excluding hydrogens is 250 g/mol. The van der Waals surface area contributed by atoms with E-state index in [0.29, 0.717) is 19.8 Å². The molecule has 1 unspecified atom stereocenters.